The molecular formula is C24H26F3N5O. The summed E-state index contributed by atoms with van der Waals surface area (Å²) < 4.78 is 40.2. The Kier molecular flexibility index (Phi) is 6.57. The van der Waals surface area contributed by atoms with E-state index in [1.807, 2.05) is 53.4 Å². The number of piperidine rings is 1. The smallest absolute Gasteiger partial charge is 0.372 e. The summed E-state index contributed by atoms with van der Waals surface area (Å²) in [6.45, 7) is 1.23. The average Bonchev–Trinajstić information content (AvgIpc) is 3.24. The van der Waals surface area contributed by atoms with E-state index >= 15 is 0 Å². The highest BCUT2D eigenvalue weighted by Gasteiger charge is 2.41. The molecule has 9 heteroatoms. The Morgan fingerprint density at radius 1 is 1.03 bits per heavy atom. The summed E-state index contributed by atoms with van der Waals surface area (Å²) in [5.74, 6) is -1.37. The van der Waals surface area contributed by atoms with Crippen molar-refractivity contribution >= 4 is 23.0 Å². The number of alkyl halides is 3. The van der Waals surface area contributed by atoms with Crippen LogP contribution in [0.15, 0.2) is 61.1 Å². The lowest BCUT2D eigenvalue weighted by atomic mass is 9.96. The zero-order valence-corrected chi connectivity index (χ0v) is 18.3. The van der Waals surface area contributed by atoms with Crippen molar-refractivity contribution < 1.29 is 18.0 Å². The Labute approximate surface area is 190 Å². The molecule has 1 amide bonds. The van der Waals surface area contributed by atoms with Gasteiger partial charge in [-0.3, -0.25) is 4.79 Å². The number of amides is 1. The number of carbonyl (C=O) groups excluding carboxylic acids is 1. The van der Waals surface area contributed by atoms with Gasteiger partial charge in [-0.2, -0.15) is 13.2 Å². The fraction of sp³-hybridized carbons (Fsp3) is 0.333. The maximum atomic E-state index is 12.9. The summed E-state index contributed by atoms with van der Waals surface area (Å²) in [6.07, 6.45) is -0.715. The summed E-state index contributed by atoms with van der Waals surface area (Å²) >= 11 is 0. The first-order chi connectivity index (χ1) is 15.8. The van der Waals surface area contributed by atoms with Gasteiger partial charge >= 0.3 is 6.18 Å². The number of nitrogens with zero attached hydrogens (tertiary/aromatic N) is 3. The maximum absolute atomic E-state index is 12.9. The number of carbonyl (C=O) groups is 1. The Hall–Kier alpha value is -3.49. The standard InChI is InChI=1S/C24H26F3N5O/c1-31-16-28-15-22(31)23(33)29-14-17-2-4-19(5-3-17)30-20-6-8-21(9-7-20)32-12-10-18(11-13-32)24(25,26)27/h2-9,15-16,18,30H,10-14H2,1H3,(H,29,33). The van der Waals surface area contributed by atoms with Crippen molar-refractivity contribution in [2.24, 2.45) is 13.0 Å². The molecule has 1 aliphatic rings. The minimum atomic E-state index is -4.10. The van der Waals surface area contributed by atoms with Crippen molar-refractivity contribution in [3.63, 3.8) is 0 Å². The second-order valence-electron chi connectivity index (χ2n) is 8.24. The summed E-state index contributed by atoms with van der Waals surface area (Å²) in [5.41, 5.74) is 4.19. The molecule has 1 aliphatic heterocycles. The molecule has 174 valence electrons. The van der Waals surface area contributed by atoms with Gasteiger partial charge in [-0.15, -0.1) is 0 Å². The number of benzene rings is 2. The lowest BCUT2D eigenvalue weighted by Crippen LogP contribution is -2.38. The van der Waals surface area contributed by atoms with Gasteiger partial charge in [0.1, 0.15) is 5.69 Å². The molecule has 0 spiro atoms. The third kappa shape index (κ3) is 5.66. The SMILES string of the molecule is Cn1cncc1C(=O)NCc1ccc(Nc2ccc(N3CCC(C(F)(F)F)CC3)cc2)cc1. The monoisotopic (exact) mass is 457 g/mol. The number of aryl methyl sites for hydroxylation is 1. The highest BCUT2D eigenvalue weighted by molar-refractivity contribution is 5.92. The molecule has 6 nitrogen and oxygen atoms in total. The van der Waals surface area contributed by atoms with E-state index in [2.05, 4.69) is 15.6 Å². The minimum absolute atomic E-state index is 0.137. The van der Waals surface area contributed by atoms with Crippen LogP contribution < -0.4 is 15.5 Å². The third-order valence-corrected chi connectivity index (χ3v) is 5.94. The van der Waals surface area contributed by atoms with Crippen LogP contribution in [0.4, 0.5) is 30.2 Å². The lowest BCUT2D eigenvalue weighted by Gasteiger charge is -2.34. The molecule has 33 heavy (non-hydrogen) atoms. The molecule has 0 bridgehead atoms. The van der Waals surface area contributed by atoms with Gasteiger partial charge in [0.25, 0.3) is 5.91 Å². The number of hydrogen-bond donors (Lipinski definition) is 2. The zero-order valence-electron chi connectivity index (χ0n) is 18.3. The lowest BCUT2D eigenvalue weighted by molar-refractivity contribution is -0.179. The normalized spacial score (nSPS) is 14.8. The van der Waals surface area contributed by atoms with Gasteiger partial charge in [-0.25, -0.2) is 4.98 Å². The molecule has 0 saturated carbocycles. The molecular weight excluding hydrogens is 431 g/mol. The van der Waals surface area contributed by atoms with E-state index in [-0.39, 0.29) is 18.7 Å². The third-order valence-electron chi connectivity index (χ3n) is 5.94. The van der Waals surface area contributed by atoms with Crippen molar-refractivity contribution in [2.45, 2.75) is 25.6 Å². The van der Waals surface area contributed by atoms with Gasteiger partial charge in [0, 0.05) is 43.7 Å². The van der Waals surface area contributed by atoms with E-state index in [0.717, 1.165) is 22.6 Å². The number of halogens is 3. The van der Waals surface area contributed by atoms with Crippen LogP contribution in [0.25, 0.3) is 0 Å². The van der Waals surface area contributed by atoms with Gasteiger partial charge < -0.3 is 20.1 Å². The predicted molar refractivity (Wildman–Crippen MR) is 122 cm³/mol. The predicted octanol–water partition coefficient (Wildman–Crippen LogP) is 4.87. The first-order valence-electron chi connectivity index (χ1n) is 10.8. The zero-order chi connectivity index (χ0) is 23.4. The molecule has 1 fully saturated rings. The van der Waals surface area contributed by atoms with Gasteiger partial charge in [0.15, 0.2) is 0 Å². The number of anilines is 3. The van der Waals surface area contributed by atoms with Crippen molar-refractivity contribution in [1.29, 1.82) is 0 Å². The number of nitrogens with one attached hydrogen (secondary N) is 2. The highest BCUT2D eigenvalue weighted by Crippen LogP contribution is 2.35. The van der Waals surface area contributed by atoms with E-state index in [4.69, 9.17) is 0 Å². The molecule has 3 aromatic rings. The van der Waals surface area contributed by atoms with Gasteiger partial charge in [0.2, 0.25) is 0 Å². The van der Waals surface area contributed by atoms with Crippen LogP contribution >= 0.6 is 0 Å². The molecule has 2 N–H and O–H groups in total. The minimum Gasteiger partial charge on any atom is -0.372 e. The number of aromatic nitrogens is 2. The number of hydrogen-bond acceptors (Lipinski definition) is 4. The van der Waals surface area contributed by atoms with E-state index < -0.39 is 12.1 Å². The molecule has 0 aliphatic carbocycles. The van der Waals surface area contributed by atoms with Crippen LogP contribution in [0.5, 0.6) is 0 Å². The van der Waals surface area contributed by atoms with Crippen LogP contribution in [0.1, 0.15) is 28.9 Å². The van der Waals surface area contributed by atoms with E-state index in [0.29, 0.717) is 25.3 Å². The average molecular weight is 458 g/mol. The van der Waals surface area contributed by atoms with E-state index in [1.165, 1.54) is 6.20 Å². The Morgan fingerprint density at radius 2 is 1.64 bits per heavy atom. The second-order valence-corrected chi connectivity index (χ2v) is 8.24. The van der Waals surface area contributed by atoms with Crippen LogP contribution in [0.3, 0.4) is 0 Å². The largest absolute Gasteiger partial charge is 0.391 e. The van der Waals surface area contributed by atoms with E-state index in [1.54, 1.807) is 17.9 Å². The Balaban J connectivity index is 1.28. The van der Waals surface area contributed by atoms with Gasteiger partial charge in [-0.1, -0.05) is 12.1 Å². The van der Waals surface area contributed by atoms with Crippen LogP contribution in [0, 0.1) is 5.92 Å². The first-order valence-corrected chi connectivity index (χ1v) is 10.8. The summed E-state index contributed by atoms with van der Waals surface area (Å²) in [7, 11) is 1.77. The van der Waals surface area contributed by atoms with Crippen molar-refractivity contribution in [3.8, 4) is 0 Å². The Morgan fingerprint density at radius 3 is 2.18 bits per heavy atom. The topological polar surface area (TPSA) is 62.2 Å². The van der Waals surface area contributed by atoms with Gasteiger partial charge in [0.05, 0.1) is 18.4 Å². The highest BCUT2D eigenvalue weighted by atomic mass is 19.4. The fourth-order valence-corrected chi connectivity index (χ4v) is 3.94. The fourth-order valence-electron chi connectivity index (χ4n) is 3.94. The summed E-state index contributed by atoms with van der Waals surface area (Å²) in [4.78, 5) is 18.1. The number of rotatable bonds is 6. The summed E-state index contributed by atoms with van der Waals surface area (Å²) in [6, 6.07) is 15.4. The van der Waals surface area contributed by atoms with Crippen LogP contribution in [-0.2, 0) is 13.6 Å². The molecule has 2 aromatic carbocycles. The molecule has 1 aromatic heterocycles. The molecule has 0 unspecified atom stereocenters. The molecule has 1 saturated heterocycles. The maximum Gasteiger partial charge on any atom is 0.391 e. The van der Waals surface area contributed by atoms with Crippen molar-refractivity contribution in [1.82, 2.24) is 14.9 Å². The molecule has 4 rings (SSSR count). The quantitative estimate of drug-likeness (QED) is 0.554. The number of imidazole rings is 1. The van der Waals surface area contributed by atoms with Crippen LogP contribution in [-0.4, -0.2) is 34.7 Å². The van der Waals surface area contributed by atoms with Crippen molar-refractivity contribution in [3.05, 3.63) is 72.3 Å². The molecule has 0 atom stereocenters. The molecule has 0 radical (unpaired) electrons. The van der Waals surface area contributed by atoms with Gasteiger partial charge in [-0.05, 0) is 54.8 Å². The molecule has 2 heterocycles. The van der Waals surface area contributed by atoms with Crippen molar-refractivity contribution in [2.75, 3.05) is 23.3 Å². The van der Waals surface area contributed by atoms with Crippen LogP contribution in [0.2, 0.25) is 0 Å². The second kappa shape index (κ2) is 9.56. The first kappa shape index (κ1) is 22.7. The Bertz CT molecular complexity index is 1070. The summed E-state index contributed by atoms with van der Waals surface area (Å²) in [5, 5.41) is 6.19. The van der Waals surface area contributed by atoms with E-state index in [9.17, 15) is 18.0 Å².